The summed E-state index contributed by atoms with van der Waals surface area (Å²) in [6, 6.07) is 22.4. The van der Waals surface area contributed by atoms with Gasteiger partial charge in [0.05, 0.1) is 10.9 Å². The maximum absolute atomic E-state index is 13.1. The summed E-state index contributed by atoms with van der Waals surface area (Å²) in [5, 5.41) is 4.65. The fraction of sp³-hybridized carbons (Fsp3) is 0. The lowest BCUT2D eigenvalue weighted by Gasteiger charge is -2.10. The van der Waals surface area contributed by atoms with Crippen LogP contribution < -0.4 is 5.73 Å². The number of nitrogens with two attached hydrogens (primary N) is 1. The van der Waals surface area contributed by atoms with Crippen molar-refractivity contribution in [3.05, 3.63) is 84.1 Å². The monoisotopic (exact) mass is 314 g/mol. The van der Waals surface area contributed by atoms with E-state index in [0.717, 1.165) is 11.1 Å². The molecule has 0 fully saturated rings. The Balaban J connectivity index is 1.92. The summed E-state index contributed by atoms with van der Waals surface area (Å²) >= 11 is 0. The molecule has 0 saturated carbocycles. The molecule has 116 valence electrons. The molecule has 2 N–H and O–H groups in total. The molecule has 0 atom stereocenters. The topological polar surface area (TPSA) is 69.1 Å². The summed E-state index contributed by atoms with van der Waals surface area (Å²) in [5.41, 5.74) is 9.58. The maximum Gasteiger partial charge on any atom is 0.218 e. The summed E-state index contributed by atoms with van der Waals surface area (Å²) < 4.78 is 5.27. The van der Waals surface area contributed by atoms with Crippen LogP contribution in [0.15, 0.2) is 77.3 Å². The van der Waals surface area contributed by atoms with Gasteiger partial charge in [0.25, 0.3) is 0 Å². The van der Waals surface area contributed by atoms with Crippen LogP contribution in [0.2, 0.25) is 0 Å². The van der Waals surface area contributed by atoms with Crippen LogP contribution in [-0.2, 0) is 0 Å². The molecule has 1 aromatic heterocycles. The molecule has 0 bridgehead atoms. The quantitative estimate of drug-likeness (QED) is 0.452. The summed E-state index contributed by atoms with van der Waals surface area (Å²) in [6.07, 6.45) is 0. The Bertz CT molecular complexity index is 1040. The van der Waals surface area contributed by atoms with Crippen molar-refractivity contribution in [1.29, 1.82) is 0 Å². The first-order valence-electron chi connectivity index (χ1n) is 7.59. The molecule has 0 spiro atoms. The summed E-state index contributed by atoms with van der Waals surface area (Å²) in [7, 11) is 0. The van der Waals surface area contributed by atoms with E-state index in [-0.39, 0.29) is 11.5 Å². The highest BCUT2D eigenvalue weighted by Gasteiger charge is 2.23. The predicted molar refractivity (Wildman–Crippen MR) is 93.7 cm³/mol. The third-order valence-electron chi connectivity index (χ3n) is 4.00. The van der Waals surface area contributed by atoms with Gasteiger partial charge >= 0.3 is 0 Å². The average molecular weight is 314 g/mol. The van der Waals surface area contributed by atoms with Gasteiger partial charge < -0.3 is 10.3 Å². The molecule has 0 unspecified atom stereocenters. The van der Waals surface area contributed by atoms with Gasteiger partial charge in [-0.25, -0.2) is 0 Å². The number of anilines is 1. The van der Waals surface area contributed by atoms with Crippen LogP contribution in [0.3, 0.4) is 0 Å². The zero-order valence-corrected chi connectivity index (χ0v) is 12.8. The number of hydrogen-bond donors (Lipinski definition) is 1. The Labute approximate surface area is 138 Å². The molecule has 0 radical (unpaired) electrons. The van der Waals surface area contributed by atoms with E-state index in [0.29, 0.717) is 22.2 Å². The van der Waals surface area contributed by atoms with Crippen molar-refractivity contribution in [1.82, 2.24) is 5.16 Å². The number of nitrogen functional groups attached to an aromatic ring is 1. The molecule has 24 heavy (non-hydrogen) atoms. The highest BCUT2D eigenvalue weighted by Crippen LogP contribution is 2.31. The number of nitrogens with zero attached hydrogens (tertiary/aromatic N) is 1. The van der Waals surface area contributed by atoms with Gasteiger partial charge in [-0.3, -0.25) is 4.79 Å². The standard InChI is InChI=1S/C20H14N2O2/c21-16-11-6-10-14(13-7-2-1-3-8-13)18(16)20(23)19-15-9-4-5-12-17(15)24-22-19/h1-12H,21H2. The van der Waals surface area contributed by atoms with Gasteiger partial charge in [-0.15, -0.1) is 0 Å². The largest absolute Gasteiger partial charge is 0.398 e. The van der Waals surface area contributed by atoms with Crippen molar-refractivity contribution in [3.8, 4) is 11.1 Å². The first kappa shape index (κ1) is 14.2. The molecule has 4 aromatic rings. The van der Waals surface area contributed by atoms with Gasteiger partial charge in [-0.2, -0.15) is 0 Å². The fourth-order valence-electron chi connectivity index (χ4n) is 2.85. The molecular formula is C20H14N2O2. The summed E-state index contributed by atoms with van der Waals surface area (Å²) in [4.78, 5) is 13.1. The van der Waals surface area contributed by atoms with Crippen molar-refractivity contribution in [2.24, 2.45) is 0 Å². The minimum atomic E-state index is -0.239. The molecule has 4 rings (SSSR count). The maximum atomic E-state index is 13.1. The molecule has 4 nitrogen and oxygen atoms in total. The highest BCUT2D eigenvalue weighted by molar-refractivity contribution is 6.19. The van der Waals surface area contributed by atoms with Crippen LogP contribution in [0.25, 0.3) is 22.1 Å². The lowest BCUT2D eigenvalue weighted by atomic mass is 9.93. The number of aromatic nitrogens is 1. The number of benzene rings is 3. The Kier molecular flexibility index (Phi) is 3.35. The molecule has 3 aromatic carbocycles. The predicted octanol–water partition coefficient (Wildman–Crippen LogP) is 4.31. The first-order valence-corrected chi connectivity index (χ1v) is 7.59. The molecule has 0 aliphatic carbocycles. The number of ketones is 1. The van der Waals surface area contributed by atoms with E-state index in [2.05, 4.69) is 5.16 Å². The first-order chi connectivity index (χ1) is 11.8. The second kappa shape index (κ2) is 5.66. The Morgan fingerprint density at radius 2 is 1.62 bits per heavy atom. The van der Waals surface area contributed by atoms with Crippen molar-refractivity contribution in [2.75, 3.05) is 5.73 Å². The van der Waals surface area contributed by atoms with Crippen LogP contribution in [-0.4, -0.2) is 10.9 Å². The number of carbonyl (C=O) groups is 1. The normalized spacial score (nSPS) is 10.8. The van der Waals surface area contributed by atoms with Gasteiger partial charge in [0.1, 0.15) is 0 Å². The Morgan fingerprint density at radius 3 is 2.46 bits per heavy atom. The van der Waals surface area contributed by atoms with Crippen LogP contribution >= 0.6 is 0 Å². The van der Waals surface area contributed by atoms with Gasteiger partial charge in [-0.1, -0.05) is 59.8 Å². The molecule has 0 amide bonds. The minimum absolute atomic E-state index is 0.239. The Morgan fingerprint density at radius 1 is 0.875 bits per heavy atom. The third kappa shape index (κ3) is 2.25. The average Bonchev–Trinajstić information content (AvgIpc) is 3.06. The lowest BCUT2D eigenvalue weighted by molar-refractivity contribution is 0.103. The molecule has 4 heteroatoms. The van der Waals surface area contributed by atoms with E-state index >= 15 is 0 Å². The van der Waals surface area contributed by atoms with E-state index in [1.165, 1.54) is 0 Å². The van der Waals surface area contributed by atoms with E-state index in [9.17, 15) is 4.79 Å². The SMILES string of the molecule is Nc1cccc(-c2ccccc2)c1C(=O)c1noc2ccccc12. The third-order valence-corrected chi connectivity index (χ3v) is 4.00. The number of hydrogen-bond acceptors (Lipinski definition) is 4. The molecule has 0 aliphatic rings. The van der Waals surface area contributed by atoms with Crippen molar-refractivity contribution >= 4 is 22.4 Å². The zero-order chi connectivity index (χ0) is 16.5. The van der Waals surface area contributed by atoms with Gasteiger partial charge in [0.2, 0.25) is 5.78 Å². The van der Waals surface area contributed by atoms with E-state index in [4.69, 9.17) is 10.3 Å². The van der Waals surface area contributed by atoms with Crippen LogP contribution in [0, 0.1) is 0 Å². The van der Waals surface area contributed by atoms with Gasteiger partial charge in [0, 0.05) is 5.69 Å². The molecule has 0 aliphatic heterocycles. The van der Waals surface area contributed by atoms with E-state index in [1.807, 2.05) is 60.7 Å². The Hall–Kier alpha value is -3.40. The molecule has 1 heterocycles. The van der Waals surface area contributed by atoms with Crippen LogP contribution in [0.4, 0.5) is 5.69 Å². The summed E-state index contributed by atoms with van der Waals surface area (Å²) in [5.74, 6) is -0.239. The summed E-state index contributed by atoms with van der Waals surface area (Å²) in [6.45, 7) is 0. The lowest BCUT2D eigenvalue weighted by Crippen LogP contribution is -2.08. The van der Waals surface area contributed by atoms with E-state index in [1.54, 1.807) is 12.1 Å². The minimum Gasteiger partial charge on any atom is -0.398 e. The van der Waals surface area contributed by atoms with E-state index < -0.39 is 0 Å². The van der Waals surface area contributed by atoms with Gasteiger partial charge in [0.15, 0.2) is 11.3 Å². The van der Waals surface area contributed by atoms with Crippen LogP contribution in [0.1, 0.15) is 16.1 Å². The number of rotatable bonds is 3. The second-order valence-corrected chi connectivity index (χ2v) is 5.49. The smallest absolute Gasteiger partial charge is 0.218 e. The van der Waals surface area contributed by atoms with Gasteiger partial charge in [-0.05, 0) is 29.3 Å². The number of para-hydroxylation sites is 1. The van der Waals surface area contributed by atoms with Crippen molar-refractivity contribution in [2.45, 2.75) is 0 Å². The highest BCUT2D eigenvalue weighted by atomic mass is 16.5. The van der Waals surface area contributed by atoms with Crippen LogP contribution in [0.5, 0.6) is 0 Å². The second-order valence-electron chi connectivity index (χ2n) is 5.49. The zero-order valence-electron chi connectivity index (χ0n) is 12.8. The number of fused-ring (bicyclic) bond motifs is 1. The molecular weight excluding hydrogens is 300 g/mol. The number of carbonyl (C=O) groups excluding carboxylic acids is 1. The van der Waals surface area contributed by atoms with Crippen molar-refractivity contribution in [3.63, 3.8) is 0 Å². The molecule has 0 saturated heterocycles. The fourth-order valence-corrected chi connectivity index (χ4v) is 2.85. The van der Waals surface area contributed by atoms with Crippen molar-refractivity contribution < 1.29 is 9.32 Å².